The third kappa shape index (κ3) is 4.77. The summed E-state index contributed by atoms with van der Waals surface area (Å²) in [6.07, 6.45) is 0.195. The van der Waals surface area contributed by atoms with Crippen molar-refractivity contribution in [2.45, 2.75) is 25.4 Å². The first-order valence-electron chi connectivity index (χ1n) is 8.58. The van der Waals surface area contributed by atoms with Crippen molar-refractivity contribution in [3.63, 3.8) is 0 Å². The first-order valence-corrected chi connectivity index (χ1v) is 9.57. The van der Waals surface area contributed by atoms with Gasteiger partial charge in [0, 0.05) is 23.9 Å². The second-order valence-corrected chi connectivity index (χ2v) is 6.90. The molecule has 2 heterocycles. The Kier molecular flexibility index (Phi) is 6.09. The van der Waals surface area contributed by atoms with Gasteiger partial charge in [-0.15, -0.1) is 10.2 Å². The Morgan fingerprint density at radius 1 is 1.21 bits per heavy atom. The van der Waals surface area contributed by atoms with Crippen molar-refractivity contribution in [1.82, 2.24) is 24.7 Å². The first-order chi connectivity index (χ1) is 13.5. The van der Waals surface area contributed by atoms with Gasteiger partial charge in [0.15, 0.2) is 5.16 Å². The molecule has 3 rings (SSSR count). The molecule has 2 aromatic heterocycles. The molecule has 0 aliphatic heterocycles. The van der Waals surface area contributed by atoms with Gasteiger partial charge in [-0.25, -0.2) is 4.79 Å². The van der Waals surface area contributed by atoms with E-state index in [4.69, 9.17) is 4.74 Å². The number of hydrogen-bond acceptors (Lipinski definition) is 7. The number of aryl methyl sites for hydroxylation is 1. The lowest BCUT2D eigenvalue weighted by atomic mass is 10.2. The van der Waals surface area contributed by atoms with Crippen LogP contribution in [0.4, 0.5) is 0 Å². The van der Waals surface area contributed by atoms with E-state index in [9.17, 15) is 14.4 Å². The molecular weight excluding hydrogens is 382 g/mol. The van der Waals surface area contributed by atoms with Crippen molar-refractivity contribution < 1.29 is 9.53 Å². The minimum Gasteiger partial charge on any atom is -0.465 e. The minimum absolute atomic E-state index is 0.0969. The van der Waals surface area contributed by atoms with Crippen molar-refractivity contribution in [2.75, 3.05) is 12.4 Å². The Labute approximate surface area is 164 Å². The number of carbonyl (C=O) groups excluding carboxylic acids is 1. The summed E-state index contributed by atoms with van der Waals surface area (Å²) < 4.78 is 6.76. The number of benzene rings is 1. The number of aromatic amines is 2. The van der Waals surface area contributed by atoms with Crippen LogP contribution in [0.25, 0.3) is 5.69 Å². The third-order valence-corrected chi connectivity index (χ3v) is 4.65. The first kappa shape index (κ1) is 19.6. The zero-order valence-electron chi connectivity index (χ0n) is 15.4. The maximum Gasteiger partial charge on any atom is 0.325 e. The molecule has 1 aromatic carbocycles. The minimum atomic E-state index is -0.582. The van der Waals surface area contributed by atoms with E-state index in [0.29, 0.717) is 23.3 Å². The highest BCUT2D eigenvalue weighted by molar-refractivity contribution is 7.99. The molecule has 146 valence electrons. The highest BCUT2D eigenvalue weighted by atomic mass is 32.2. The fourth-order valence-corrected chi connectivity index (χ4v) is 3.41. The van der Waals surface area contributed by atoms with Gasteiger partial charge in [-0.2, -0.15) is 0 Å². The highest BCUT2D eigenvalue weighted by Crippen LogP contribution is 2.23. The van der Waals surface area contributed by atoms with Gasteiger partial charge in [0.1, 0.15) is 5.82 Å². The molecule has 0 bridgehead atoms. The average Bonchev–Trinajstić information content (AvgIpc) is 3.02. The predicted molar refractivity (Wildman–Crippen MR) is 104 cm³/mol. The number of rotatable bonds is 7. The van der Waals surface area contributed by atoms with Gasteiger partial charge in [-0.1, -0.05) is 23.9 Å². The number of carbonyl (C=O) groups is 1. The van der Waals surface area contributed by atoms with Gasteiger partial charge in [0.2, 0.25) is 0 Å². The summed E-state index contributed by atoms with van der Waals surface area (Å²) >= 11 is 1.21. The van der Waals surface area contributed by atoms with E-state index in [1.807, 2.05) is 31.2 Å². The largest absolute Gasteiger partial charge is 0.465 e. The van der Waals surface area contributed by atoms with Crippen molar-refractivity contribution >= 4 is 17.7 Å². The smallest absolute Gasteiger partial charge is 0.325 e. The number of hydrogen-bond donors (Lipinski definition) is 2. The maximum absolute atomic E-state index is 11.7. The number of ether oxygens (including phenoxy) is 1. The van der Waals surface area contributed by atoms with Crippen LogP contribution in [0.1, 0.15) is 24.0 Å². The summed E-state index contributed by atoms with van der Waals surface area (Å²) in [6, 6.07) is 9.04. The summed E-state index contributed by atoms with van der Waals surface area (Å²) in [7, 11) is 0. The summed E-state index contributed by atoms with van der Waals surface area (Å²) in [4.78, 5) is 39.5. The summed E-state index contributed by atoms with van der Waals surface area (Å²) in [5.41, 5.74) is 1.21. The lowest BCUT2D eigenvalue weighted by Crippen LogP contribution is -2.23. The van der Waals surface area contributed by atoms with Gasteiger partial charge in [0.05, 0.1) is 12.4 Å². The Balaban J connectivity index is 1.98. The number of aromatic nitrogens is 5. The molecule has 0 fully saturated rings. The number of nitrogens with one attached hydrogen (secondary N) is 2. The average molecular weight is 401 g/mol. The zero-order valence-corrected chi connectivity index (χ0v) is 16.2. The summed E-state index contributed by atoms with van der Waals surface area (Å²) in [5.74, 6) is 0.282. The molecule has 0 saturated carbocycles. The fourth-order valence-electron chi connectivity index (χ4n) is 2.65. The summed E-state index contributed by atoms with van der Waals surface area (Å²) in [6.45, 7) is 4.02. The molecule has 0 amide bonds. The predicted octanol–water partition coefficient (Wildman–Crippen LogP) is 1.20. The van der Waals surface area contributed by atoms with Crippen LogP contribution < -0.4 is 11.2 Å². The second-order valence-electron chi connectivity index (χ2n) is 5.96. The fraction of sp³-hybridized carbons (Fsp3) is 0.278. The SMILES string of the molecule is CCOC(=O)CSc1nnc(Cc2cc(=O)[nH]c(=O)[nH]2)n1-c1cccc(C)c1. The lowest BCUT2D eigenvalue weighted by Gasteiger charge is -2.11. The molecule has 9 nitrogen and oxygen atoms in total. The molecule has 0 aliphatic carbocycles. The Hall–Kier alpha value is -3.14. The van der Waals surface area contributed by atoms with Crippen molar-refractivity contribution in [3.05, 3.63) is 68.3 Å². The molecular formula is C18H19N5O4S. The molecule has 0 unspecified atom stereocenters. The van der Waals surface area contributed by atoms with Crippen LogP contribution in [0, 0.1) is 6.92 Å². The van der Waals surface area contributed by atoms with Crippen LogP contribution in [-0.4, -0.2) is 43.1 Å². The van der Waals surface area contributed by atoms with E-state index in [0.717, 1.165) is 11.3 Å². The van der Waals surface area contributed by atoms with E-state index < -0.39 is 11.2 Å². The van der Waals surface area contributed by atoms with Gasteiger partial charge in [0.25, 0.3) is 5.56 Å². The van der Waals surface area contributed by atoms with Crippen LogP contribution in [0.2, 0.25) is 0 Å². The number of H-pyrrole nitrogens is 2. The molecule has 0 spiro atoms. The monoisotopic (exact) mass is 401 g/mol. The Bertz CT molecular complexity index is 1070. The van der Waals surface area contributed by atoms with Crippen LogP contribution in [0.15, 0.2) is 45.1 Å². The second kappa shape index (κ2) is 8.70. The number of esters is 1. The van der Waals surface area contributed by atoms with Gasteiger partial charge in [-0.3, -0.25) is 19.1 Å². The van der Waals surface area contributed by atoms with E-state index in [2.05, 4.69) is 20.2 Å². The molecule has 0 aliphatic rings. The standard InChI is InChI=1S/C18H19N5O4S/c1-3-27-16(25)10-28-18-22-21-14(8-12-9-15(24)20-17(26)19-12)23(18)13-6-4-5-11(2)7-13/h4-7,9H,3,8,10H2,1-2H3,(H2,19,20,24,26). The number of nitrogens with zero attached hydrogens (tertiary/aromatic N) is 3. The van der Waals surface area contributed by atoms with Crippen molar-refractivity contribution in [2.24, 2.45) is 0 Å². The molecule has 2 N–H and O–H groups in total. The maximum atomic E-state index is 11.7. The molecule has 28 heavy (non-hydrogen) atoms. The van der Waals surface area contributed by atoms with Crippen LogP contribution in [0.5, 0.6) is 0 Å². The summed E-state index contributed by atoms with van der Waals surface area (Å²) in [5, 5.41) is 8.91. The normalized spacial score (nSPS) is 10.8. The Morgan fingerprint density at radius 3 is 2.75 bits per heavy atom. The van der Waals surface area contributed by atoms with E-state index in [1.165, 1.54) is 17.8 Å². The molecule has 0 saturated heterocycles. The molecule has 0 atom stereocenters. The third-order valence-electron chi connectivity index (χ3n) is 3.75. The topological polar surface area (TPSA) is 123 Å². The lowest BCUT2D eigenvalue weighted by molar-refractivity contribution is -0.139. The van der Waals surface area contributed by atoms with Crippen molar-refractivity contribution in [3.8, 4) is 5.69 Å². The van der Waals surface area contributed by atoms with Crippen LogP contribution in [-0.2, 0) is 16.0 Å². The van der Waals surface area contributed by atoms with E-state index in [1.54, 1.807) is 11.5 Å². The van der Waals surface area contributed by atoms with Crippen molar-refractivity contribution in [1.29, 1.82) is 0 Å². The highest BCUT2D eigenvalue weighted by Gasteiger charge is 2.17. The quantitative estimate of drug-likeness (QED) is 0.450. The zero-order chi connectivity index (χ0) is 20.1. The van der Waals surface area contributed by atoms with E-state index in [-0.39, 0.29) is 18.1 Å². The van der Waals surface area contributed by atoms with Gasteiger partial charge >= 0.3 is 11.7 Å². The molecule has 3 aromatic rings. The van der Waals surface area contributed by atoms with E-state index >= 15 is 0 Å². The number of thioether (sulfide) groups is 1. The van der Waals surface area contributed by atoms with Gasteiger partial charge in [-0.05, 0) is 31.5 Å². The van der Waals surface area contributed by atoms with Gasteiger partial charge < -0.3 is 9.72 Å². The van der Waals surface area contributed by atoms with Crippen LogP contribution in [0.3, 0.4) is 0 Å². The molecule has 0 radical (unpaired) electrons. The molecule has 10 heteroatoms. The Morgan fingerprint density at radius 2 is 2.04 bits per heavy atom. The van der Waals surface area contributed by atoms with Crippen LogP contribution >= 0.6 is 11.8 Å².